The number of benzene rings is 2. The van der Waals surface area contributed by atoms with E-state index in [4.69, 9.17) is 11.9 Å². The summed E-state index contributed by atoms with van der Waals surface area (Å²) in [4.78, 5) is 13.4. The Morgan fingerprint density at radius 1 is 0.931 bits per heavy atom. The van der Waals surface area contributed by atoms with Gasteiger partial charge in [0.2, 0.25) is 0 Å². The van der Waals surface area contributed by atoms with E-state index in [-0.39, 0.29) is 144 Å². The topological polar surface area (TPSA) is 63.6 Å². The van der Waals surface area contributed by atoms with Gasteiger partial charge < -0.3 is 7.43 Å². The van der Waals surface area contributed by atoms with Crippen molar-refractivity contribution in [3.63, 3.8) is 0 Å². The third kappa shape index (κ3) is 13.7. The molecule has 1 aliphatic carbocycles. The van der Waals surface area contributed by atoms with E-state index >= 15 is 0 Å². The molecule has 2 aromatic carbocycles. The van der Waals surface area contributed by atoms with E-state index in [1.54, 1.807) is 0 Å². The first kappa shape index (κ1) is 45.8. The molecule has 1 aliphatic rings. The van der Waals surface area contributed by atoms with Crippen LogP contribution >= 0.6 is 0 Å². The van der Waals surface area contributed by atoms with Crippen LogP contribution in [0.3, 0.4) is 0 Å². The summed E-state index contributed by atoms with van der Waals surface area (Å²) in [7, 11) is 0. The van der Waals surface area contributed by atoms with Gasteiger partial charge in [-0.2, -0.15) is 0 Å². The van der Waals surface area contributed by atoms with Gasteiger partial charge in [0.1, 0.15) is 0 Å². The number of hydrogen-bond donors (Lipinski definition) is 1. The Labute approximate surface area is 278 Å². The van der Waals surface area contributed by atoms with Gasteiger partial charge in [0, 0.05) is 126 Å². The Hall–Kier alpha value is 3.31. The van der Waals surface area contributed by atoms with Crippen LogP contribution in [0.25, 0.3) is 11.1 Å². The molecule has 0 bridgehead atoms. The number of hydrogen-bond acceptors (Lipinski definition) is 3. The predicted octanol–water partition coefficient (Wildman–Crippen LogP) is 3.44. The molecule has 0 heterocycles. The quantitative estimate of drug-likeness (QED) is 0.379. The number of carbonyl (C=O) groups is 1. The maximum absolute atomic E-state index is 11.4. The SMILES string of the molecule is [CH3-].[CH3][Sb][C](=O)OCC1c2ccccc2-c2ccccc21.[O]=[W][OH].[W].[W].[W].[W].[W].[W]. The molecule has 3 rings (SSSR count). The molecular formula is C17H18O4SbW7-. The zero-order valence-corrected chi connectivity index (χ0v) is 38.5. The fraction of sp³-hybridized carbons (Fsp3) is 0.176. The van der Waals surface area contributed by atoms with Crippen LogP contribution in [0.15, 0.2) is 48.5 Å². The van der Waals surface area contributed by atoms with Crippen LogP contribution in [0.5, 0.6) is 0 Å². The second kappa shape index (κ2) is 25.9. The van der Waals surface area contributed by atoms with Gasteiger partial charge in [-0.05, 0) is 0 Å². The van der Waals surface area contributed by atoms with Crippen molar-refractivity contribution in [1.82, 2.24) is 0 Å². The minimum atomic E-state index is -2.00. The van der Waals surface area contributed by atoms with Crippen LogP contribution in [-0.4, -0.2) is 35.9 Å². The molecule has 0 unspecified atom stereocenters. The average Bonchev–Trinajstić information content (AvgIpc) is 2.87. The normalized spacial score (nSPS) is 8.90. The molecule has 2 aromatic rings. The summed E-state index contributed by atoms with van der Waals surface area (Å²) in [6.07, 6.45) is 0. The summed E-state index contributed by atoms with van der Waals surface area (Å²) >= 11 is -2.80. The molecule has 0 atom stereocenters. The number of rotatable bonds is 3. The number of carbonyl (C=O) groups excluding carboxylic acids is 1. The summed E-state index contributed by atoms with van der Waals surface area (Å²) < 4.78 is 21.3. The zero-order chi connectivity index (χ0) is 15.9. The molecule has 0 saturated carbocycles. The van der Waals surface area contributed by atoms with E-state index in [9.17, 15) is 4.79 Å². The standard InChI is InChI=1S/C15H11O2.2CH3.H2O.O.Sb.7W/c16-10-17-9-15-13-7-3-1-5-11(13)12-6-2-4-8-14(12)15;;;;;;;;;;;;/h1-8,15H,9H2;2*1H3;1H2;;;;;;;;;/q;;-1;;;;;;;;;;+1/p-1. The van der Waals surface area contributed by atoms with Crippen molar-refractivity contribution in [1.29, 1.82) is 0 Å². The minimum absolute atomic E-state index is 0. The predicted molar refractivity (Wildman–Crippen MR) is 86.0 cm³/mol. The Bertz CT molecular complexity index is 647. The van der Waals surface area contributed by atoms with Crippen LogP contribution in [-0.2, 0) is 153 Å². The molecule has 0 fully saturated rings. The van der Waals surface area contributed by atoms with Crippen LogP contribution in [0.1, 0.15) is 17.0 Å². The number of fused-ring (bicyclic) bond motifs is 3. The molecule has 0 amide bonds. The van der Waals surface area contributed by atoms with Crippen molar-refractivity contribution >= 4 is 25.5 Å². The van der Waals surface area contributed by atoms with Crippen molar-refractivity contribution in [3.8, 4) is 11.1 Å². The molecule has 0 aromatic heterocycles. The monoisotopic (exact) mass is 1690 g/mol. The Balaban J connectivity index is -0.000000125. The van der Waals surface area contributed by atoms with Gasteiger partial charge in [0.15, 0.2) is 0 Å². The fourth-order valence-electron chi connectivity index (χ4n) is 2.66. The Kier molecular flexibility index (Phi) is 40.9. The molecule has 12 heteroatoms. The first-order valence-corrected chi connectivity index (χ1v) is 12.9. The smallest absolute Gasteiger partial charge is 0 e. The zero-order valence-electron chi connectivity index (χ0n) is 15.4. The minimum Gasteiger partial charge on any atom is 0 e. The largest absolute Gasteiger partial charge is 0 e. The van der Waals surface area contributed by atoms with Crippen LogP contribution in [0, 0.1) is 7.43 Å². The van der Waals surface area contributed by atoms with Gasteiger partial charge >= 0.3 is 149 Å². The molecule has 0 aliphatic heterocycles. The third-order valence-corrected chi connectivity index (χ3v) is 4.93. The van der Waals surface area contributed by atoms with E-state index in [0.29, 0.717) is 6.61 Å². The summed E-state index contributed by atoms with van der Waals surface area (Å²) in [6, 6.07) is 16.8. The summed E-state index contributed by atoms with van der Waals surface area (Å²) in [5.41, 5.74) is 5.09. The molecule has 1 N–H and O–H groups in total. The summed E-state index contributed by atoms with van der Waals surface area (Å²) in [6.45, 7) is 0.469. The van der Waals surface area contributed by atoms with Gasteiger partial charge in [0.05, 0.1) is 0 Å². The molecule has 0 saturated heterocycles. The van der Waals surface area contributed by atoms with Crippen molar-refractivity contribution < 1.29 is 162 Å². The second-order valence-electron chi connectivity index (χ2n) is 4.60. The molecule has 4 nitrogen and oxygen atoms in total. The maximum Gasteiger partial charge on any atom is 0 e. The first-order valence-electron chi connectivity index (χ1n) is 6.61. The molecule has 0 spiro atoms. The maximum atomic E-state index is 11.4. The second-order valence-corrected chi connectivity index (χ2v) is 7.46. The van der Waals surface area contributed by atoms with Crippen molar-refractivity contribution in [2.75, 3.05) is 6.61 Å². The van der Waals surface area contributed by atoms with E-state index in [0.717, 1.165) is 0 Å². The Morgan fingerprint density at radius 2 is 1.28 bits per heavy atom. The van der Waals surface area contributed by atoms with E-state index < -0.39 is 40.5 Å². The van der Waals surface area contributed by atoms with Gasteiger partial charge in [-0.15, -0.1) is 0 Å². The Morgan fingerprint density at radius 3 is 1.62 bits per heavy atom. The summed E-state index contributed by atoms with van der Waals surface area (Å²) in [5, 5.41) is 0. The third-order valence-electron chi connectivity index (χ3n) is 3.52. The molecule has 158 valence electrons. The van der Waals surface area contributed by atoms with Crippen LogP contribution in [0.4, 0.5) is 4.79 Å². The fourth-order valence-corrected chi connectivity index (χ4v) is 3.24. The summed E-state index contributed by atoms with van der Waals surface area (Å²) in [5.74, 6) is 0.193. The van der Waals surface area contributed by atoms with E-state index in [2.05, 4.69) is 48.5 Å². The van der Waals surface area contributed by atoms with Crippen LogP contribution in [0.2, 0.25) is 4.87 Å². The van der Waals surface area contributed by atoms with E-state index in [1.807, 2.05) is 4.87 Å². The van der Waals surface area contributed by atoms with Crippen LogP contribution < -0.4 is 0 Å². The van der Waals surface area contributed by atoms with Gasteiger partial charge in [0.25, 0.3) is 0 Å². The van der Waals surface area contributed by atoms with Gasteiger partial charge in [-0.25, -0.2) is 0 Å². The molecular weight excluding hydrogens is 1680 g/mol. The van der Waals surface area contributed by atoms with Crippen molar-refractivity contribution in [2.45, 2.75) is 10.8 Å². The molecule has 29 heavy (non-hydrogen) atoms. The average molecular weight is 1690 g/mol. The molecule has 1 radical (unpaired) electrons. The van der Waals surface area contributed by atoms with E-state index in [1.165, 1.54) is 22.3 Å². The van der Waals surface area contributed by atoms with Gasteiger partial charge in [-0.1, -0.05) is 0 Å². The van der Waals surface area contributed by atoms with Gasteiger partial charge in [-0.3, -0.25) is 0 Å². The number of ether oxygens (including phenoxy) is 1. The van der Waals surface area contributed by atoms with Crippen molar-refractivity contribution in [3.05, 3.63) is 67.1 Å². The first-order chi connectivity index (χ1) is 10.7. The van der Waals surface area contributed by atoms with Crippen molar-refractivity contribution in [2.24, 2.45) is 0 Å².